The second kappa shape index (κ2) is 7.32. The third-order valence-electron chi connectivity index (χ3n) is 4.27. The summed E-state index contributed by atoms with van der Waals surface area (Å²) in [7, 11) is 0. The zero-order valence-electron chi connectivity index (χ0n) is 15.5. The Morgan fingerprint density at radius 1 is 1.12 bits per heavy atom. The van der Waals surface area contributed by atoms with Crippen molar-refractivity contribution in [3.05, 3.63) is 54.0 Å². The van der Waals surface area contributed by atoms with E-state index in [1.165, 1.54) is 6.07 Å². The molecule has 3 rings (SSSR count). The minimum Gasteiger partial charge on any atom is -0.366 e. The number of hydrogen-bond donors (Lipinski definition) is 1. The molecule has 5 nitrogen and oxygen atoms in total. The number of piperazine rings is 1. The largest absolute Gasteiger partial charge is 0.366 e. The van der Waals surface area contributed by atoms with Crippen molar-refractivity contribution < 1.29 is 9.18 Å². The molecule has 0 spiro atoms. The van der Waals surface area contributed by atoms with Gasteiger partial charge in [-0.3, -0.25) is 4.79 Å². The molecule has 26 heavy (non-hydrogen) atoms. The summed E-state index contributed by atoms with van der Waals surface area (Å²) in [5, 5.41) is 3.28. The fourth-order valence-electron chi connectivity index (χ4n) is 3.06. The van der Waals surface area contributed by atoms with E-state index in [0.717, 1.165) is 0 Å². The number of carbonyl (C=O) groups excluding carboxylic acids is 1. The van der Waals surface area contributed by atoms with Crippen molar-refractivity contribution >= 4 is 17.4 Å². The molecular formula is C20H25FN4O. The fourth-order valence-corrected chi connectivity index (χ4v) is 3.06. The van der Waals surface area contributed by atoms with Gasteiger partial charge in [0.25, 0.3) is 5.91 Å². The van der Waals surface area contributed by atoms with Crippen LogP contribution in [-0.4, -0.2) is 47.5 Å². The molecule has 1 aromatic heterocycles. The molecule has 1 N–H and O–H groups in total. The zero-order chi connectivity index (χ0) is 18.7. The van der Waals surface area contributed by atoms with Crippen LogP contribution in [0, 0.1) is 5.82 Å². The highest BCUT2D eigenvalue weighted by Gasteiger charge is 2.24. The SMILES string of the molecule is CC(C)(C)Nc1cc(C(=O)N2CCN(c3ccccc3F)CC2)ccn1. The normalized spacial score (nSPS) is 15.1. The summed E-state index contributed by atoms with van der Waals surface area (Å²) >= 11 is 0. The fraction of sp³-hybridized carbons (Fsp3) is 0.400. The molecule has 1 aromatic carbocycles. The Labute approximate surface area is 153 Å². The number of anilines is 2. The summed E-state index contributed by atoms with van der Waals surface area (Å²) in [6.45, 7) is 8.51. The molecule has 2 heterocycles. The number of carbonyl (C=O) groups is 1. The van der Waals surface area contributed by atoms with Crippen LogP contribution in [0.15, 0.2) is 42.6 Å². The van der Waals surface area contributed by atoms with Gasteiger partial charge in [0.05, 0.1) is 5.69 Å². The molecule has 0 bridgehead atoms. The maximum Gasteiger partial charge on any atom is 0.254 e. The Morgan fingerprint density at radius 2 is 1.81 bits per heavy atom. The summed E-state index contributed by atoms with van der Waals surface area (Å²) in [4.78, 5) is 20.9. The highest BCUT2D eigenvalue weighted by Crippen LogP contribution is 2.21. The summed E-state index contributed by atoms with van der Waals surface area (Å²) < 4.78 is 13.9. The van der Waals surface area contributed by atoms with E-state index in [1.54, 1.807) is 30.5 Å². The van der Waals surface area contributed by atoms with Crippen LogP contribution < -0.4 is 10.2 Å². The van der Waals surface area contributed by atoms with E-state index in [1.807, 2.05) is 36.6 Å². The molecule has 1 saturated heterocycles. The van der Waals surface area contributed by atoms with Crippen LogP contribution in [0.3, 0.4) is 0 Å². The third kappa shape index (κ3) is 4.31. The number of rotatable bonds is 3. The molecule has 6 heteroatoms. The molecule has 0 saturated carbocycles. The molecular weight excluding hydrogens is 331 g/mol. The Morgan fingerprint density at radius 3 is 2.46 bits per heavy atom. The number of aromatic nitrogens is 1. The molecule has 1 amide bonds. The van der Waals surface area contributed by atoms with Crippen molar-refractivity contribution in [1.82, 2.24) is 9.88 Å². The number of amides is 1. The van der Waals surface area contributed by atoms with Crippen molar-refractivity contribution in [3.8, 4) is 0 Å². The first-order valence-electron chi connectivity index (χ1n) is 8.86. The van der Waals surface area contributed by atoms with Crippen LogP contribution in [0.4, 0.5) is 15.9 Å². The Kier molecular flexibility index (Phi) is 5.11. The van der Waals surface area contributed by atoms with Crippen LogP contribution >= 0.6 is 0 Å². The highest BCUT2D eigenvalue weighted by atomic mass is 19.1. The van der Waals surface area contributed by atoms with Gasteiger partial charge < -0.3 is 15.1 Å². The molecule has 1 fully saturated rings. The van der Waals surface area contributed by atoms with E-state index >= 15 is 0 Å². The van der Waals surface area contributed by atoms with Crippen molar-refractivity contribution in [2.75, 3.05) is 36.4 Å². The van der Waals surface area contributed by atoms with Crippen molar-refractivity contribution in [1.29, 1.82) is 0 Å². The first-order chi connectivity index (χ1) is 12.3. The van der Waals surface area contributed by atoms with Gasteiger partial charge in [0.15, 0.2) is 0 Å². The smallest absolute Gasteiger partial charge is 0.254 e. The maximum atomic E-state index is 13.9. The maximum absolute atomic E-state index is 13.9. The van der Waals surface area contributed by atoms with Crippen molar-refractivity contribution in [3.63, 3.8) is 0 Å². The van der Waals surface area contributed by atoms with E-state index in [2.05, 4.69) is 10.3 Å². The van der Waals surface area contributed by atoms with Crippen molar-refractivity contribution in [2.45, 2.75) is 26.3 Å². The van der Waals surface area contributed by atoms with Gasteiger partial charge in [-0.15, -0.1) is 0 Å². The van der Waals surface area contributed by atoms with Gasteiger partial charge in [0, 0.05) is 43.5 Å². The number of pyridine rings is 1. The zero-order valence-corrected chi connectivity index (χ0v) is 15.5. The molecule has 0 aliphatic carbocycles. The second-order valence-electron chi connectivity index (χ2n) is 7.54. The second-order valence-corrected chi connectivity index (χ2v) is 7.54. The monoisotopic (exact) mass is 356 g/mol. The summed E-state index contributed by atoms with van der Waals surface area (Å²) in [5.41, 5.74) is 1.09. The molecule has 0 atom stereocenters. The van der Waals surface area contributed by atoms with Crippen LogP contribution in [0.5, 0.6) is 0 Å². The molecule has 1 aliphatic heterocycles. The Hall–Kier alpha value is -2.63. The lowest BCUT2D eigenvalue weighted by Crippen LogP contribution is -2.49. The molecule has 0 unspecified atom stereocenters. The number of nitrogens with zero attached hydrogens (tertiary/aromatic N) is 3. The number of hydrogen-bond acceptors (Lipinski definition) is 4. The molecule has 2 aromatic rings. The van der Waals surface area contributed by atoms with Gasteiger partial charge in [-0.05, 0) is 45.0 Å². The number of halogens is 1. The van der Waals surface area contributed by atoms with Gasteiger partial charge >= 0.3 is 0 Å². The lowest BCUT2D eigenvalue weighted by atomic mass is 10.1. The van der Waals surface area contributed by atoms with Gasteiger partial charge in [-0.2, -0.15) is 0 Å². The first kappa shape index (κ1) is 18.2. The first-order valence-corrected chi connectivity index (χ1v) is 8.86. The van der Waals surface area contributed by atoms with Crippen LogP contribution in [0.2, 0.25) is 0 Å². The van der Waals surface area contributed by atoms with Crippen LogP contribution in [0.25, 0.3) is 0 Å². The lowest BCUT2D eigenvalue weighted by molar-refractivity contribution is 0.0746. The van der Waals surface area contributed by atoms with E-state index in [4.69, 9.17) is 0 Å². The lowest BCUT2D eigenvalue weighted by Gasteiger charge is -2.36. The van der Waals surface area contributed by atoms with Gasteiger partial charge in [0.1, 0.15) is 11.6 Å². The van der Waals surface area contributed by atoms with Crippen LogP contribution in [-0.2, 0) is 0 Å². The van der Waals surface area contributed by atoms with Gasteiger partial charge in [0.2, 0.25) is 0 Å². The van der Waals surface area contributed by atoms with Crippen LogP contribution in [0.1, 0.15) is 31.1 Å². The van der Waals surface area contributed by atoms with E-state index in [0.29, 0.717) is 43.2 Å². The summed E-state index contributed by atoms with van der Waals surface area (Å²) in [6, 6.07) is 10.3. The van der Waals surface area contributed by atoms with Gasteiger partial charge in [-0.1, -0.05) is 12.1 Å². The summed E-state index contributed by atoms with van der Waals surface area (Å²) in [5.74, 6) is 0.449. The number of para-hydroxylation sites is 1. The molecule has 1 aliphatic rings. The quantitative estimate of drug-likeness (QED) is 0.916. The number of benzene rings is 1. The third-order valence-corrected chi connectivity index (χ3v) is 4.27. The van der Waals surface area contributed by atoms with E-state index < -0.39 is 0 Å². The average Bonchev–Trinajstić information content (AvgIpc) is 2.60. The van der Waals surface area contributed by atoms with Crippen molar-refractivity contribution in [2.24, 2.45) is 0 Å². The molecule has 138 valence electrons. The van der Waals surface area contributed by atoms with Gasteiger partial charge in [-0.25, -0.2) is 9.37 Å². The highest BCUT2D eigenvalue weighted by molar-refractivity contribution is 5.95. The van der Waals surface area contributed by atoms with E-state index in [-0.39, 0.29) is 17.3 Å². The standard InChI is InChI=1S/C20H25FN4O/c1-20(2,3)23-18-14-15(8-9-22-18)19(26)25-12-10-24(11-13-25)17-7-5-4-6-16(17)21/h4-9,14H,10-13H2,1-3H3,(H,22,23). The summed E-state index contributed by atoms with van der Waals surface area (Å²) in [6.07, 6.45) is 1.65. The average molecular weight is 356 g/mol. The number of nitrogens with one attached hydrogen (secondary N) is 1. The predicted molar refractivity (Wildman–Crippen MR) is 102 cm³/mol. The minimum absolute atomic E-state index is 0.0162. The minimum atomic E-state index is -0.223. The topological polar surface area (TPSA) is 48.5 Å². The van der Waals surface area contributed by atoms with E-state index in [9.17, 15) is 9.18 Å². The molecule has 0 radical (unpaired) electrons. The predicted octanol–water partition coefficient (Wildman–Crippen LogP) is 3.39. The Bertz CT molecular complexity index is 779. The Balaban J connectivity index is 1.65.